The van der Waals surface area contributed by atoms with E-state index in [1.54, 1.807) is 24.0 Å². The van der Waals surface area contributed by atoms with Crippen LogP contribution in [0.15, 0.2) is 42.6 Å². The maximum atomic E-state index is 8.11. The minimum Gasteiger partial charge on any atom is -0.366 e. The average molecular weight is 279 g/mol. The fourth-order valence-corrected chi connectivity index (χ4v) is 1.74. The molecule has 1 aromatic heterocycles. The number of aryl methyl sites for hydroxylation is 1. The Morgan fingerprint density at radius 2 is 2.00 bits per heavy atom. The molecular weight excluding hydrogens is 250 g/mol. The van der Waals surface area contributed by atoms with E-state index in [2.05, 4.69) is 5.10 Å². The van der Waals surface area contributed by atoms with Crippen LogP contribution in [0.1, 0.15) is 30.3 Å². The Balaban J connectivity index is 0.00000288. The van der Waals surface area contributed by atoms with Gasteiger partial charge in [0, 0.05) is 22.5 Å². The second kappa shape index (κ2) is 7.82. The first kappa shape index (κ1) is 11.1. The predicted molar refractivity (Wildman–Crippen MR) is 82.7 cm³/mol. The van der Waals surface area contributed by atoms with Crippen LogP contribution in [-0.2, 0) is 11.8 Å². The van der Waals surface area contributed by atoms with Crippen molar-refractivity contribution in [1.82, 2.24) is 14.7 Å². The fourth-order valence-electron chi connectivity index (χ4n) is 1.74. The maximum absolute atomic E-state index is 8.11. The molecular formula is C16H25N3O. The largest absolute Gasteiger partial charge is 0.366 e. The van der Waals surface area contributed by atoms with E-state index in [0.717, 1.165) is 10.5 Å². The van der Waals surface area contributed by atoms with Gasteiger partial charge in [-0.25, -0.2) is 0 Å². The van der Waals surface area contributed by atoms with Crippen LogP contribution in [-0.4, -0.2) is 41.8 Å². The summed E-state index contributed by atoms with van der Waals surface area (Å²) in [6, 6.07) is 10.9. The van der Waals surface area contributed by atoms with Gasteiger partial charge in [0.1, 0.15) is 6.10 Å². The smallest absolute Gasteiger partial charge is 0.124 e. The third-order valence-corrected chi connectivity index (χ3v) is 2.68. The molecule has 0 bridgehead atoms. The monoisotopic (exact) mass is 279 g/mol. The van der Waals surface area contributed by atoms with Crippen LogP contribution in [0.25, 0.3) is 0 Å². The van der Waals surface area contributed by atoms with E-state index in [-0.39, 0.29) is 7.43 Å². The third-order valence-electron chi connectivity index (χ3n) is 2.68. The summed E-state index contributed by atoms with van der Waals surface area (Å²) < 4.78 is 39.4. The van der Waals surface area contributed by atoms with Crippen LogP contribution in [0.2, 0.25) is 0 Å². The van der Waals surface area contributed by atoms with E-state index >= 15 is 0 Å². The highest BCUT2D eigenvalue weighted by Gasteiger charge is 2.17. The zero-order chi connectivity index (χ0) is 17.3. The molecule has 0 aliphatic heterocycles. The fraction of sp³-hybridized carbons (Fsp3) is 0.438. The molecule has 0 saturated heterocycles. The number of likely N-dealkylation sites (N-methyl/N-ethyl adjacent to an activating group) is 1. The topological polar surface area (TPSA) is 30.3 Å². The Kier molecular flexibility index (Phi) is 4.33. The van der Waals surface area contributed by atoms with Crippen LogP contribution in [0.4, 0.5) is 0 Å². The lowest BCUT2D eigenvalue weighted by Crippen LogP contribution is -2.20. The van der Waals surface area contributed by atoms with Crippen molar-refractivity contribution in [2.75, 3.05) is 27.2 Å². The molecule has 1 atom stereocenters. The molecule has 1 aromatic carbocycles. The van der Waals surface area contributed by atoms with Crippen LogP contribution in [0, 0.1) is 0 Å². The van der Waals surface area contributed by atoms with E-state index in [9.17, 15) is 0 Å². The molecule has 2 aromatic rings. The van der Waals surface area contributed by atoms with Gasteiger partial charge < -0.3 is 9.64 Å². The molecule has 0 N–H and O–H groups in total. The van der Waals surface area contributed by atoms with Gasteiger partial charge in [-0.3, -0.25) is 4.68 Å². The van der Waals surface area contributed by atoms with Gasteiger partial charge in [-0.15, -0.1) is 0 Å². The zero-order valence-electron chi connectivity index (χ0n) is 15.4. The van der Waals surface area contributed by atoms with Crippen LogP contribution >= 0.6 is 0 Å². The van der Waals surface area contributed by atoms with Gasteiger partial charge in [-0.1, -0.05) is 37.8 Å². The Bertz CT molecular complexity index is 644. The van der Waals surface area contributed by atoms with Crippen molar-refractivity contribution in [3.05, 3.63) is 53.9 Å². The molecule has 0 radical (unpaired) electrons. The highest BCUT2D eigenvalue weighted by Crippen LogP contribution is 2.25. The number of hydrogen-bond acceptors (Lipinski definition) is 3. The molecule has 0 saturated carbocycles. The molecule has 1 unspecified atom stereocenters. The number of aromatic nitrogens is 2. The molecule has 4 nitrogen and oxygen atoms in total. The van der Waals surface area contributed by atoms with Crippen LogP contribution in [0.3, 0.4) is 0 Å². The first-order chi connectivity index (χ1) is 10.7. The minimum absolute atomic E-state index is 0. The predicted octanol–water partition coefficient (Wildman–Crippen LogP) is 2.72. The normalized spacial score (nSPS) is 16.6. The highest BCUT2D eigenvalue weighted by atomic mass is 16.5. The average Bonchev–Trinajstić information content (AvgIpc) is 2.91. The summed E-state index contributed by atoms with van der Waals surface area (Å²) in [4.78, 5) is 1.16. The van der Waals surface area contributed by atoms with E-state index in [4.69, 9.17) is 10.2 Å². The second-order valence-electron chi connectivity index (χ2n) is 4.40. The SMILES string of the molecule is C.[2H]C([2H])(OC(c1ccccc1)c1ccnn1C)C([2H])([2H])N(C)C. The number of hydrogen-bond donors (Lipinski definition) is 0. The van der Waals surface area contributed by atoms with Crippen LogP contribution in [0.5, 0.6) is 0 Å². The summed E-state index contributed by atoms with van der Waals surface area (Å²) in [5.41, 5.74) is 1.38. The molecule has 1 heterocycles. The van der Waals surface area contributed by atoms with E-state index < -0.39 is 19.2 Å². The molecule has 20 heavy (non-hydrogen) atoms. The van der Waals surface area contributed by atoms with Crippen molar-refractivity contribution < 1.29 is 10.2 Å². The van der Waals surface area contributed by atoms with Crippen LogP contribution < -0.4 is 0 Å². The Morgan fingerprint density at radius 3 is 2.55 bits per heavy atom. The lowest BCUT2D eigenvalue weighted by Gasteiger charge is -2.20. The van der Waals surface area contributed by atoms with E-state index in [1.807, 2.05) is 30.3 Å². The number of nitrogens with zero attached hydrogens (tertiary/aromatic N) is 3. The van der Waals surface area contributed by atoms with E-state index in [1.165, 1.54) is 14.1 Å². The third kappa shape index (κ3) is 4.18. The summed E-state index contributed by atoms with van der Waals surface area (Å²) >= 11 is 0. The van der Waals surface area contributed by atoms with Gasteiger partial charge in [0.2, 0.25) is 0 Å². The number of ether oxygens (including phenoxy) is 1. The highest BCUT2D eigenvalue weighted by molar-refractivity contribution is 5.25. The molecule has 2 rings (SSSR count). The number of rotatable bonds is 6. The van der Waals surface area contributed by atoms with Crippen molar-refractivity contribution in [3.63, 3.8) is 0 Å². The summed E-state index contributed by atoms with van der Waals surface area (Å²) in [5, 5.41) is 4.10. The molecule has 0 aliphatic carbocycles. The lowest BCUT2D eigenvalue weighted by atomic mass is 10.1. The first-order valence-electron chi connectivity index (χ1n) is 8.05. The molecule has 0 aliphatic rings. The van der Waals surface area contributed by atoms with E-state index in [0.29, 0.717) is 5.69 Å². The van der Waals surface area contributed by atoms with Gasteiger partial charge in [0.15, 0.2) is 0 Å². The molecule has 0 amide bonds. The summed E-state index contributed by atoms with van der Waals surface area (Å²) in [6.45, 7) is -4.82. The zero-order valence-corrected chi connectivity index (χ0v) is 11.4. The first-order valence-corrected chi connectivity index (χ1v) is 6.05. The Labute approximate surface area is 127 Å². The molecule has 0 spiro atoms. The molecule has 4 heteroatoms. The second-order valence-corrected chi connectivity index (χ2v) is 4.40. The van der Waals surface area contributed by atoms with Crippen molar-refractivity contribution >= 4 is 0 Å². The maximum Gasteiger partial charge on any atom is 0.124 e. The van der Waals surface area contributed by atoms with Gasteiger partial charge in [-0.2, -0.15) is 5.10 Å². The van der Waals surface area contributed by atoms with Gasteiger partial charge >= 0.3 is 0 Å². The van der Waals surface area contributed by atoms with Crippen molar-refractivity contribution in [1.29, 1.82) is 0 Å². The summed E-state index contributed by atoms with van der Waals surface area (Å²) in [6.07, 6.45) is 0.832. The minimum atomic E-state index is -2.53. The van der Waals surface area contributed by atoms with Gasteiger partial charge in [0.05, 0.1) is 15.0 Å². The molecule has 110 valence electrons. The van der Waals surface area contributed by atoms with Gasteiger partial charge in [0.25, 0.3) is 0 Å². The number of benzene rings is 1. The quantitative estimate of drug-likeness (QED) is 0.814. The van der Waals surface area contributed by atoms with Crippen molar-refractivity contribution in [2.24, 2.45) is 7.05 Å². The standard InChI is InChI=1S/C15H21N3O.CH4/c1-17(2)11-12-19-15(13-7-5-4-6-8-13)14-9-10-16-18(14)3;/h4-10,15H,11-12H2,1-3H3;1H4/i11D2,12D2;. The molecule has 0 fully saturated rings. The lowest BCUT2D eigenvalue weighted by molar-refractivity contribution is 0.0638. The van der Waals surface area contributed by atoms with Crippen molar-refractivity contribution in [3.8, 4) is 0 Å². The van der Waals surface area contributed by atoms with Gasteiger partial charge in [-0.05, 0) is 25.7 Å². The Hall–Kier alpha value is -1.65. The summed E-state index contributed by atoms with van der Waals surface area (Å²) in [5.74, 6) is 0. The Morgan fingerprint density at radius 1 is 1.30 bits per heavy atom. The summed E-state index contributed by atoms with van der Waals surface area (Å²) in [7, 11) is 4.69. The van der Waals surface area contributed by atoms with Crippen molar-refractivity contribution in [2.45, 2.75) is 13.5 Å².